The van der Waals surface area contributed by atoms with Crippen molar-refractivity contribution in [2.75, 3.05) is 0 Å². The molecule has 1 aromatic carbocycles. The minimum atomic E-state index is -1.36. The summed E-state index contributed by atoms with van der Waals surface area (Å²) in [4.78, 5) is 33.3. The van der Waals surface area contributed by atoms with Crippen molar-refractivity contribution in [1.29, 1.82) is 0 Å². The minimum Gasteiger partial charge on any atom is -0.477 e. The number of amides is 1. The quantitative estimate of drug-likeness (QED) is 0.496. The van der Waals surface area contributed by atoms with Crippen LogP contribution in [0.4, 0.5) is 5.69 Å². The Hall–Kier alpha value is -3.42. The van der Waals surface area contributed by atoms with Crippen LogP contribution in [-0.2, 0) is 4.79 Å². The van der Waals surface area contributed by atoms with E-state index in [2.05, 4.69) is 5.32 Å². The van der Waals surface area contributed by atoms with E-state index >= 15 is 0 Å². The summed E-state index contributed by atoms with van der Waals surface area (Å²) >= 11 is 0. The largest absolute Gasteiger partial charge is 0.477 e. The number of carbonyl (C=O) groups excluding carboxylic acids is 1. The molecule has 0 aliphatic heterocycles. The Labute approximate surface area is 130 Å². The van der Waals surface area contributed by atoms with Gasteiger partial charge in [-0.3, -0.25) is 14.9 Å². The van der Waals surface area contributed by atoms with Gasteiger partial charge in [0.25, 0.3) is 11.6 Å². The molecule has 0 atom stereocenters. The number of nitrogens with one attached hydrogen (secondary N) is 1. The first kappa shape index (κ1) is 16.0. The molecule has 0 unspecified atom stereocenters. The first-order valence-electron chi connectivity index (χ1n) is 6.44. The third kappa shape index (κ3) is 4.03. The predicted molar refractivity (Wildman–Crippen MR) is 79.6 cm³/mol. The zero-order chi connectivity index (χ0) is 17.0. The van der Waals surface area contributed by atoms with Crippen molar-refractivity contribution in [3.8, 4) is 0 Å². The van der Waals surface area contributed by atoms with E-state index in [0.29, 0.717) is 5.76 Å². The monoisotopic (exact) mass is 316 g/mol. The lowest BCUT2D eigenvalue weighted by molar-refractivity contribution is -0.384. The van der Waals surface area contributed by atoms with E-state index in [0.717, 1.165) is 12.1 Å². The highest BCUT2D eigenvalue weighted by atomic mass is 16.6. The zero-order valence-electron chi connectivity index (χ0n) is 12.0. The Morgan fingerprint density at radius 3 is 2.61 bits per heavy atom. The van der Waals surface area contributed by atoms with E-state index in [9.17, 15) is 19.7 Å². The van der Waals surface area contributed by atoms with Crippen LogP contribution >= 0.6 is 0 Å². The summed E-state index contributed by atoms with van der Waals surface area (Å²) < 4.78 is 5.22. The van der Waals surface area contributed by atoms with Gasteiger partial charge in [0, 0.05) is 23.8 Å². The number of carboxylic acids is 1. The van der Waals surface area contributed by atoms with E-state index < -0.39 is 22.5 Å². The zero-order valence-corrected chi connectivity index (χ0v) is 12.0. The SMILES string of the molecule is Cc1ccc(/C=C(/NC(=O)c2cccc([N+](=O)[O-])c2)C(=O)O)o1. The van der Waals surface area contributed by atoms with Gasteiger partial charge in [-0.25, -0.2) is 4.79 Å². The van der Waals surface area contributed by atoms with Gasteiger partial charge >= 0.3 is 5.97 Å². The number of hydrogen-bond donors (Lipinski definition) is 2. The Morgan fingerprint density at radius 1 is 1.30 bits per heavy atom. The predicted octanol–water partition coefficient (Wildman–Crippen LogP) is 2.35. The lowest BCUT2D eigenvalue weighted by Crippen LogP contribution is -2.27. The van der Waals surface area contributed by atoms with Gasteiger partial charge in [-0.05, 0) is 25.1 Å². The topological polar surface area (TPSA) is 123 Å². The molecule has 0 saturated carbocycles. The van der Waals surface area contributed by atoms with Crippen molar-refractivity contribution in [1.82, 2.24) is 5.32 Å². The van der Waals surface area contributed by atoms with Crippen LogP contribution in [0.3, 0.4) is 0 Å². The summed E-state index contributed by atoms with van der Waals surface area (Å²) in [6.07, 6.45) is 1.16. The molecular weight excluding hydrogens is 304 g/mol. The smallest absolute Gasteiger partial charge is 0.352 e. The second kappa shape index (κ2) is 6.56. The summed E-state index contributed by atoms with van der Waals surface area (Å²) in [5, 5.41) is 22.0. The fraction of sp³-hybridized carbons (Fsp3) is 0.0667. The van der Waals surface area contributed by atoms with Crippen LogP contribution < -0.4 is 5.32 Å². The minimum absolute atomic E-state index is 0.0259. The molecular formula is C15H12N2O6. The van der Waals surface area contributed by atoms with Crippen LogP contribution in [0.2, 0.25) is 0 Å². The summed E-state index contributed by atoms with van der Waals surface area (Å²) in [6.45, 7) is 1.69. The van der Waals surface area contributed by atoms with E-state index in [-0.39, 0.29) is 17.0 Å². The molecule has 1 aromatic heterocycles. The molecule has 2 aromatic rings. The molecule has 0 saturated heterocycles. The number of benzene rings is 1. The second-order valence-electron chi connectivity index (χ2n) is 4.57. The van der Waals surface area contributed by atoms with Gasteiger partial charge in [0.2, 0.25) is 0 Å². The molecule has 2 rings (SSSR count). The number of nitro groups is 1. The number of nitrogens with zero attached hydrogens (tertiary/aromatic N) is 1. The first-order valence-corrected chi connectivity index (χ1v) is 6.44. The maximum Gasteiger partial charge on any atom is 0.352 e. The number of carbonyl (C=O) groups is 2. The number of nitro benzene ring substituents is 1. The van der Waals surface area contributed by atoms with Crippen molar-refractivity contribution < 1.29 is 24.0 Å². The standard InChI is InChI=1S/C15H12N2O6/c1-9-5-6-12(23-9)8-13(15(19)20)16-14(18)10-3-2-4-11(7-10)17(21)22/h2-8H,1H3,(H,16,18)(H,19,20)/b13-8+. The molecule has 0 fully saturated rings. The van der Waals surface area contributed by atoms with E-state index in [1.807, 2.05) is 0 Å². The third-order valence-electron chi connectivity index (χ3n) is 2.85. The molecule has 0 aliphatic carbocycles. The van der Waals surface area contributed by atoms with Crippen LogP contribution in [0.1, 0.15) is 21.9 Å². The third-order valence-corrected chi connectivity index (χ3v) is 2.85. The van der Waals surface area contributed by atoms with Gasteiger partial charge in [-0.2, -0.15) is 0 Å². The molecule has 8 nitrogen and oxygen atoms in total. The number of aryl methyl sites for hydroxylation is 1. The molecule has 2 N–H and O–H groups in total. The Morgan fingerprint density at radius 2 is 2.04 bits per heavy atom. The lowest BCUT2D eigenvalue weighted by Gasteiger charge is -2.05. The summed E-state index contributed by atoms with van der Waals surface area (Å²) in [5.74, 6) is -1.28. The summed E-state index contributed by atoms with van der Waals surface area (Å²) in [6, 6.07) is 8.18. The Bertz CT molecular complexity index is 806. The maximum absolute atomic E-state index is 12.1. The van der Waals surface area contributed by atoms with Crippen molar-refractivity contribution >= 4 is 23.6 Å². The number of carboxylic acid groups (broad SMARTS) is 1. The van der Waals surface area contributed by atoms with Crippen LogP contribution in [0.5, 0.6) is 0 Å². The highest BCUT2D eigenvalue weighted by molar-refractivity contribution is 6.02. The van der Waals surface area contributed by atoms with Crippen LogP contribution in [0.15, 0.2) is 46.5 Å². The van der Waals surface area contributed by atoms with Crippen molar-refractivity contribution in [3.05, 3.63) is 69.3 Å². The molecule has 0 radical (unpaired) electrons. The van der Waals surface area contributed by atoms with Crippen molar-refractivity contribution in [2.24, 2.45) is 0 Å². The molecule has 8 heteroatoms. The molecule has 0 aliphatic rings. The summed E-state index contributed by atoms with van der Waals surface area (Å²) in [5.41, 5.74) is -0.696. The summed E-state index contributed by atoms with van der Waals surface area (Å²) in [7, 11) is 0. The van der Waals surface area contributed by atoms with Crippen molar-refractivity contribution in [3.63, 3.8) is 0 Å². The van der Waals surface area contributed by atoms with Gasteiger partial charge < -0.3 is 14.8 Å². The van der Waals surface area contributed by atoms with Gasteiger partial charge in [0.15, 0.2) is 0 Å². The molecule has 0 spiro atoms. The van der Waals surface area contributed by atoms with Gasteiger partial charge in [-0.1, -0.05) is 6.07 Å². The molecule has 23 heavy (non-hydrogen) atoms. The molecule has 118 valence electrons. The van der Waals surface area contributed by atoms with Crippen LogP contribution in [0, 0.1) is 17.0 Å². The van der Waals surface area contributed by atoms with Gasteiger partial charge in [0.05, 0.1) is 4.92 Å². The number of hydrogen-bond acceptors (Lipinski definition) is 5. The van der Waals surface area contributed by atoms with E-state index in [1.165, 1.54) is 18.2 Å². The average Bonchev–Trinajstić information content (AvgIpc) is 2.91. The number of rotatable bonds is 5. The normalized spacial score (nSPS) is 11.1. The lowest BCUT2D eigenvalue weighted by atomic mass is 10.2. The number of furan rings is 1. The molecule has 0 bridgehead atoms. The van der Waals surface area contributed by atoms with Gasteiger partial charge in [0.1, 0.15) is 17.2 Å². The van der Waals surface area contributed by atoms with Gasteiger partial charge in [-0.15, -0.1) is 0 Å². The van der Waals surface area contributed by atoms with E-state index in [4.69, 9.17) is 9.52 Å². The Balaban J connectivity index is 2.25. The van der Waals surface area contributed by atoms with Crippen LogP contribution in [0.25, 0.3) is 6.08 Å². The fourth-order valence-electron chi connectivity index (χ4n) is 1.78. The molecule has 1 heterocycles. The molecule has 1 amide bonds. The average molecular weight is 316 g/mol. The highest BCUT2D eigenvalue weighted by Gasteiger charge is 2.16. The second-order valence-corrected chi connectivity index (χ2v) is 4.57. The van der Waals surface area contributed by atoms with E-state index in [1.54, 1.807) is 19.1 Å². The van der Waals surface area contributed by atoms with Crippen molar-refractivity contribution in [2.45, 2.75) is 6.92 Å². The number of aliphatic carboxylic acids is 1. The Kier molecular flexibility index (Phi) is 4.55. The maximum atomic E-state index is 12.1. The fourth-order valence-corrected chi connectivity index (χ4v) is 1.78. The highest BCUT2D eigenvalue weighted by Crippen LogP contribution is 2.14. The first-order chi connectivity index (χ1) is 10.9. The van der Waals surface area contributed by atoms with Crippen LogP contribution in [-0.4, -0.2) is 21.9 Å². The number of non-ortho nitro benzene ring substituents is 1.